The molecular weight excluding hydrogens is 364 g/mol. The molecule has 4 aliphatic rings. The average Bonchev–Trinajstić information content (AvgIpc) is 3.19. The lowest BCUT2D eigenvalue weighted by molar-refractivity contribution is -0.165. The lowest BCUT2D eigenvalue weighted by Gasteiger charge is -2.55. The van der Waals surface area contributed by atoms with Gasteiger partial charge in [0.25, 0.3) is 0 Å². The van der Waals surface area contributed by atoms with Crippen molar-refractivity contribution in [1.82, 2.24) is 4.90 Å². The standard InChI is InChI=1S/C24H34N2O3/c1-23(2)21-11-12-24(3,29-23)22(25-28-16-15-26-13-5-6-14-26)20(21)17-18-7-9-19(27-4)10-8-18/h7-10,17,21H,5-6,11-16H2,1-4H3/b20-17-,25-22+/t21-,24+/m1/s1. The average molecular weight is 399 g/mol. The Morgan fingerprint density at radius 2 is 1.90 bits per heavy atom. The first-order valence-corrected chi connectivity index (χ1v) is 10.9. The molecule has 0 N–H and O–H groups in total. The molecule has 0 spiro atoms. The van der Waals surface area contributed by atoms with Gasteiger partial charge in [0.05, 0.1) is 12.7 Å². The fourth-order valence-electron chi connectivity index (χ4n) is 5.12. The molecule has 0 amide bonds. The van der Waals surface area contributed by atoms with E-state index < -0.39 is 5.60 Å². The molecule has 2 atom stereocenters. The monoisotopic (exact) mass is 398 g/mol. The molecule has 3 saturated heterocycles. The van der Waals surface area contributed by atoms with Crippen molar-refractivity contribution in [2.45, 2.75) is 57.7 Å². The van der Waals surface area contributed by atoms with E-state index in [0.717, 1.165) is 36.4 Å². The van der Waals surface area contributed by atoms with E-state index in [1.807, 2.05) is 12.1 Å². The van der Waals surface area contributed by atoms with Crippen LogP contribution in [0.3, 0.4) is 0 Å². The number of rotatable bonds is 6. The topological polar surface area (TPSA) is 43.3 Å². The molecule has 0 radical (unpaired) electrons. The van der Waals surface area contributed by atoms with Crippen molar-refractivity contribution in [3.05, 3.63) is 35.4 Å². The largest absolute Gasteiger partial charge is 0.497 e. The first-order chi connectivity index (χ1) is 13.9. The third-order valence-electron chi connectivity index (χ3n) is 6.68. The summed E-state index contributed by atoms with van der Waals surface area (Å²) in [6.07, 6.45) is 6.94. The molecule has 1 aromatic rings. The van der Waals surface area contributed by atoms with Crippen molar-refractivity contribution in [3.8, 4) is 5.75 Å². The van der Waals surface area contributed by atoms with E-state index in [1.165, 1.54) is 31.5 Å². The Morgan fingerprint density at radius 1 is 1.17 bits per heavy atom. The van der Waals surface area contributed by atoms with Crippen molar-refractivity contribution >= 4 is 11.8 Å². The minimum absolute atomic E-state index is 0.208. The van der Waals surface area contributed by atoms with Crippen LogP contribution >= 0.6 is 0 Å². The normalized spacial score (nSPS) is 31.5. The Morgan fingerprint density at radius 3 is 2.55 bits per heavy atom. The van der Waals surface area contributed by atoms with Crippen LogP contribution in [0.4, 0.5) is 0 Å². The van der Waals surface area contributed by atoms with Gasteiger partial charge in [-0.05, 0) is 88.9 Å². The number of ether oxygens (including phenoxy) is 2. The van der Waals surface area contributed by atoms with Gasteiger partial charge < -0.3 is 14.3 Å². The van der Waals surface area contributed by atoms with Gasteiger partial charge in [0, 0.05) is 12.5 Å². The number of nitrogens with zero attached hydrogens (tertiary/aromatic N) is 2. The molecule has 5 nitrogen and oxygen atoms in total. The van der Waals surface area contributed by atoms with Gasteiger partial charge in [-0.25, -0.2) is 0 Å². The second-order valence-corrected chi connectivity index (χ2v) is 9.22. The van der Waals surface area contributed by atoms with Gasteiger partial charge in [0.15, 0.2) is 0 Å². The highest BCUT2D eigenvalue weighted by Gasteiger charge is 2.55. The zero-order valence-electron chi connectivity index (χ0n) is 18.2. The van der Waals surface area contributed by atoms with Gasteiger partial charge in [0.2, 0.25) is 0 Å². The first-order valence-electron chi connectivity index (χ1n) is 10.9. The van der Waals surface area contributed by atoms with Crippen molar-refractivity contribution in [1.29, 1.82) is 0 Å². The molecular formula is C24H34N2O3. The number of methoxy groups -OCH3 is 1. The Bertz CT molecular complexity index is 778. The zero-order valence-corrected chi connectivity index (χ0v) is 18.2. The fourth-order valence-corrected chi connectivity index (χ4v) is 5.12. The van der Waals surface area contributed by atoms with Crippen LogP contribution < -0.4 is 4.74 Å². The summed E-state index contributed by atoms with van der Waals surface area (Å²) in [5.74, 6) is 1.18. The van der Waals surface area contributed by atoms with Gasteiger partial charge in [-0.1, -0.05) is 17.3 Å². The summed E-state index contributed by atoms with van der Waals surface area (Å²) in [5.41, 5.74) is 2.76. The summed E-state index contributed by atoms with van der Waals surface area (Å²) in [5, 5.41) is 4.65. The smallest absolute Gasteiger partial charge is 0.129 e. The van der Waals surface area contributed by atoms with Crippen molar-refractivity contribution in [2.75, 3.05) is 33.4 Å². The van der Waals surface area contributed by atoms with Gasteiger partial charge in [-0.3, -0.25) is 4.90 Å². The number of benzene rings is 1. The molecule has 158 valence electrons. The number of oxime groups is 1. The predicted octanol–water partition coefficient (Wildman–Crippen LogP) is 4.52. The van der Waals surface area contributed by atoms with E-state index in [9.17, 15) is 0 Å². The van der Waals surface area contributed by atoms with Crippen molar-refractivity contribution in [2.24, 2.45) is 11.1 Å². The highest BCUT2D eigenvalue weighted by molar-refractivity contribution is 6.10. The Hall–Kier alpha value is -1.85. The summed E-state index contributed by atoms with van der Waals surface area (Å²) in [7, 11) is 1.69. The van der Waals surface area contributed by atoms with Gasteiger partial charge in [-0.15, -0.1) is 0 Å². The number of fused-ring (bicyclic) bond motifs is 3. The Kier molecular flexibility index (Phi) is 5.71. The third-order valence-corrected chi connectivity index (χ3v) is 6.68. The van der Waals surface area contributed by atoms with Crippen LogP contribution in [0.1, 0.15) is 52.0 Å². The van der Waals surface area contributed by atoms with Crippen LogP contribution in [0.25, 0.3) is 6.08 Å². The predicted molar refractivity (Wildman–Crippen MR) is 116 cm³/mol. The highest BCUT2D eigenvalue weighted by atomic mass is 16.6. The summed E-state index contributed by atoms with van der Waals surface area (Å²) in [6.45, 7) is 10.5. The molecule has 3 aliphatic heterocycles. The molecule has 1 aromatic carbocycles. The van der Waals surface area contributed by atoms with Crippen molar-refractivity contribution < 1.29 is 14.3 Å². The van der Waals surface area contributed by atoms with E-state index >= 15 is 0 Å². The molecule has 1 aliphatic carbocycles. The molecule has 1 saturated carbocycles. The summed E-state index contributed by atoms with van der Waals surface area (Å²) in [4.78, 5) is 8.28. The fraction of sp³-hybridized carbons (Fsp3) is 0.625. The minimum Gasteiger partial charge on any atom is -0.497 e. The minimum atomic E-state index is -0.399. The highest BCUT2D eigenvalue weighted by Crippen LogP contribution is 2.51. The lowest BCUT2D eigenvalue weighted by atomic mass is 9.64. The molecule has 4 fully saturated rings. The number of likely N-dealkylation sites (tertiary alicyclic amines) is 1. The maximum atomic E-state index is 6.53. The first kappa shape index (κ1) is 20.4. The second-order valence-electron chi connectivity index (χ2n) is 9.22. The second kappa shape index (κ2) is 8.11. The van der Waals surface area contributed by atoms with Gasteiger partial charge >= 0.3 is 0 Å². The van der Waals surface area contributed by atoms with Crippen LogP contribution in [-0.2, 0) is 9.57 Å². The quantitative estimate of drug-likeness (QED) is 0.522. The maximum absolute atomic E-state index is 6.53. The molecule has 0 aromatic heterocycles. The van der Waals surface area contributed by atoms with E-state index in [2.05, 4.69) is 49.0 Å². The number of hydrogen-bond donors (Lipinski definition) is 0. The third kappa shape index (κ3) is 4.22. The van der Waals surface area contributed by atoms with Crippen LogP contribution in [0.15, 0.2) is 35.0 Å². The summed E-state index contributed by atoms with van der Waals surface area (Å²) >= 11 is 0. The maximum Gasteiger partial charge on any atom is 0.129 e. The van der Waals surface area contributed by atoms with Crippen LogP contribution in [0.5, 0.6) is 5.75 Å². The Balaban J connectivity index is 1.58. The molecule has 29 heavy (non-hydrogen) atoms. The zero-order chi connectivity index (χ0) is 20.5. The van der Waals surface area contributed by atoms with Crippen LogP contribution in [-0.4, -0.2) is 55.2 Å². The van der Waals surface area contributed by atoms with Gasteiger partial charge in [-0.2, -0.15) is 0 Å². The molecule has 3 heterocycles. The SMILES string of the molecule is COc1ccc(/C=C2\C(=N/OCCN3CCCC3)[C@]3(C)CC[C@H]2C(C)(C)O3)cc1. The lowest BCUT2D eigenvalue weighted by Crippen LogP contribution is -2.60. The Labute approximate surface area is 174 Å². The molecule has 5 heteroatoms. The summed E-state index contributed by atoms with van der Waals surface area (Å²) < 4.78 is 11.8. The van der Waals surface area contributed by atoms with E-state index in [-0.39, 0.29) is 5.60 Å². The van der Waals surface area contributed by atoms with Crippen molar-refractivity contribution in [3.63, 3.8) is 0 Å². The van der Waals surface area contributed by atoms with E-state index in [0.29, 0.717) is 12.5 Å². The summed E-state index contributed by atoms with van der Waals surface area (Å²) in [6, 6.07) is 8.19. The van der Waals surface area contributed by atoms with E-state index in [4.69, 9.17) is 14.3 Å². The number of hydrogen-bond acceptors (Lipinski definition) is 5. The molecule has 2 bridgehead atoms. The van der Waals surface area contributed by atoms with Gasteiger partial charge in [0.1, 0.15) is 23.7 Å². The molecule has 5 rings (SSSR count). The molecule has 0 unspecified atom stereocenters. The van der Waals surface area contributed by atoms with Crippen LogP contribution in [0, 0.1) is 5.92 Å². The van der Waals surface area contributed by atoms with Crippen LogP contribution in [0.2, 0.25) is 0 Å². The van der Waals surface area contributed by atoms with E-state index in [1.54, 1.807) is 7.11 Å².